The first kappa shape index (κ1) is 20.1. The third-order valence-corrected chi connectivity index (χ3v) is 5.78. The summed E-state index contributed by atoms with van der Waals surface area (Å²) >= 11 is 0. The lowest BCUT2D eigenvalue weighted by molar-refractivity contribution is -0.133. The molecule has 3 rings (SSSR count). The molecule has 1 aromatic rings. The first-order valence-electron chi connectivity index (χ1n) is 9.27. The van der Waals surface area contributed by atoms with Crippen LogP contribution in [0.4, 0.5) is 0 Å². The van der Waals surface area contributed by atoms with E-state index in [1.807, 2.05) is 24.0 Å². The topological polar surface area (TPSA) is 91.0 Å². The Morgan fingerprint density at radius 1 is 1.30 bits per heavy atom. The Morgan fingerprint density at radius 2 is 2.04 bits per heavy atom. The van der Waals surface area contributed by atoms with E-state index in [1.165, 1.54) is 0 Å². The average Bonchev–Trinajstić information content (AvgIpc) is 2.62. The van der Waals surface area contributed by atoms with Crippen LogP contribution in [-0.4, -0.2) is 76.2 Å². The molecule has 2 N–H and O–H groups in total. The molecule has 1 unspecified atom stereocenters. The summed E-state index contributed by atoms with van der Waals surface area (Å²) in [5.74, 6) is 1.07. The highest BCUT2D eigenvalue weighted by Crippen LogP contribution is 2.32. The van der Waals surface area contributed by atoms with Crippen LogP contribution in [0.1, 0.15) is 23.5 Å². The summed E-state index contributed by atoms with van der Waals surface area (Å²) in [6, 6.07) is 6.04. The zero-order valence-corrected chi connectivity index (χ0v) is 16.7. The zero-order valence-electron chi connectivity index (χ0n) is 15.9. The number of benzene rings is 1. The molecule has 8 nitrogen and oxygen atoms in total. The van der Waals surface area contributed by atoms with Crippen molar-refractivity contribution in [3.05, 3.63) is 29.3 Å². The number of piperazine rings is 1. The van der Waals surface area contributed by atoms with Gasteiger partial charge in [0, 0.05) is 63.7 Å². The molecule has 0 aliphatic carbocycles. The van der Waals surface area contributed by atoms with Gasteiger partial charge in [0.25, 0.3) is 0 Å². The van der Waals surface area contributed by atoms with E-state index in [9.17, 15) is 13.2 Å². The van der Waals surface area contributed by atoms with Gasteiger partial charge in [-0.15, -0.1) is 0 Å². The number of hydrogen-bond acceptors (Lipinski definition) is 6. The molecule has 1 fully saturated rings. The van der Waals surface area contributed by atoms with Crippen molar-refractivity contribution < 1.29 is 18.0 Å². The van der Waals surface area contributed by atoms with E-state index in [2.05, 4.69) is 21.2 Å². The molecule has 2 aliphatic heterocycles. The molecule has 2 aliphatic rings. The predicted octanol–water partition coefficient (Wildman–Crippen LogP) is 0.0591. The second kappa shape index (κ2) is 8.55. The number of hydrogen-bond donors (Lipinski definition) is 2. The van der Waals surface area contributed by atoms with Crippen molar-refractivity contribution in [3.8, 4) is 5.75 Å². The third-order valence-electron chi connectivity index (χ3n) is 5.06. The minimum atomic E-state index is -3.15. The van der Waals surface area contributed by atoms with Gasteiger partial charge in [-0.3, -0.25) is 9.69 Å². The van der Waals surface area contributed by atoms with Gasteiger partial charge in [-0.05, 0) is 13.0 Å². The summed E-state index contributed by atoms with van der Waals surface area (Å²) < 4.78 is 24.7. The Balaban J connectivity index is 1.49. The molecule has 1 atom stereocenters. The van der Waals surface area contributed by atoms with Gasteiger partial charge in [0.2, 0.25) is 15.9 Å². The maximum absolute atomic E-state index is 12.8. The van der Waals surface area contributed by atoms with Crippen LogP contribution < -0.4 is 15.0 Å². The van der Waals surface area contributed by atoms with Crippen molar-refractivity contribution in [2.75, 3.05) is 52.1 Å². The largest absolute Gasteiger partial charge is 0.408 e. The van der Waals surface area contributed by atoms with Gasteiger partial charge >= 0.3 is 0 Å². The minimum absolute atomic E-state index is 0.109. The fourth-order valence-electron chi connectivity index (χ4n) is 3.54. The number of hydroxylamine groups is 1. The molecule has 0 radical (unpaired) electrons. The number of fused-ring (bicyclic) bond motifs is 1. The molecule has 1 aromatic carbocycles. The Labute approximate surface area is 160 Å². The van der Waals surface area contributed by atoms with Gasteiger partial charge in [0.1, 0.15) is 0 Å². The SMILES string of the molecule is Cc1ccc2c(c1)C(CC(=O)N1CCN(CCNS(C)(=O)=O)CC1)CNO2. The van der Waals surface area contributed by atoms with Crippen molar-refractivity contribution in [2.24, 2.45) is 0 Å². The highest BCUT2D eigenvalue weighted by molar-refractivity contribution is 7.88. The van der Waals surface area contributed by atoms with E-state index < -0.39 is 10.0 Å². The Hall–Kier alpha value is -1.68. The Bertz CT molecular complexity index is 776. The lowest BCUT2D eigenvalue weighted by Gasteiger charge is -2.36. The van der Waals surface area contributed by atoms with Crippen molar-refractivity contribution in [2.45, 2.75) is 19.3 Å². The molecule has 0 spiro atoms. The summed E-state index contributed by atoms with van der Waals surface area (Å²) in [4.78, 5) is 22.3. The van der Waals surface area contributed by atoms with Gasteiger partial charge in [-0.25, -0.2) is 13.1 Å². The summed E-state index contributed by atoms with van der Waals surface area (Å²) in [6.07, 6.45) is 1.62. The van der Waals surface area contributed by atoms with Crippen LogP contribution in [0.15, 0.2) is 18.2 Å². The van der Waals surface area contributed by atoms with Gasteiger partial charge < -0.3 is 9.74 Å². The number of sulfonamides is 1. The first-order chi connectivity index (χ1) is 12.8. The Morgan fingerprint density at radius 3 is 2.74 bits per heavy atom. The lowest BCUT2D eigenvalue weighted by Crippen LogP contribution is -2.50. The van der Waals surface area contributed by atoms with E-state index in [1.54, 1.807) is 0 Å². The van der Waals surface area contributed by atoms with E-state index in [-0.39, 0.29) is 11.8 Å². The van der Waals surface area contributed by atoms with E-state index >= 15 is 0 Å². The normalized spacial score (nSPS) is 20.8. The van der Waals surface area contributed by atoms with Gasteiger partial charge in [0.05, 0.1) is 6.26 Å². The van der Waals surface area contributed by atoms with Crippen LogP contribution in [0.25, 0.3) is 0 Å². The predicted molar refractivity (Wildman–Crippen MR) is 103 cm³/mol. The van der Waals surface area contributed by atoms with Gasteiger partial charge in [-0.2, -0.15) is 5.48 Å². The van der Waals surface area contributed by atoms with E-state index in [4.69, 9.17) is 4.84 Å². The molecule has 0 saturated carbocycles. The number of nitrogens with one attached hydrogen (secondary N) is 2. The van der Waals surface area contributed by atoms with Crippen LogP contribution in [-0.2, 0) is 14.8 Å². The molecule has 2 heterocycles. The second-order valence-corrected chi connectivity index (χ2v) is 9.11. The maximum Gasteiger partial charge on any atom is 0.223 e. The first-order valence-corrected chi connectivity index (χ1v) is 11.2. The van der Waals surface area contributed by atoms with Crippen molar-refractivity contribution in [1.82, 2.24) is 20.0 Å². The second-order valence-electron chi connectivity index (χ2n) is 7.28. The molecule has 0 bridgehead atoms. The van der Waals surface area contributed by atoms with Crippen LogP contribution in [0.5, 0.6) is 5.75 Å². The highest BCUT2D eigenvalue weighted by Gasteiger charge is 2.28. The molecule has 27 heavy (non-hydrogen) atoms. The smallest absolute Gasteiger partial charge is 0.223 e. The number of nitrogens with zero attached hydrogens (tertiary/aromatic N) is 2. The van der Waals surface area contributed by atoms with Crippen LogP contribution in [0.3, 0.4) is 0 Å². The summed E-state index contributed by atoms with van der Waals surface area (Å²) in [6.45, 7) is 6.60. The minimum Gasteiger partial charge on any atom is -0.408 e. The monoisotopic (exact) mass is 396 g/mol. The number of amides is 1. The molecule has 1 saturated heterocycles. The molecule has 9 heteroatoms. The number of aryl methyl sites for hydroxylation is 1. The average molecular weight is 397 g/mol. The lowest BCUT2D eigenvalue weighted by atomic mass is 9.92. The highest BCUT2D eigenvalue weighted by atomic mass is 32.2. The van der Waals surface area contributed by atoms with Crippen molar-refractivity contribution >= 4 is 15.9 Å². The summed E-state index contributed by atoms with van der Waals surface area (Å²) in [5, 5.41) is 0. The van der Waals surface area contributed by atoms with Crippen molar-refractivity contribution in [3.63, 3.8) is 0 Å². The van der Waals surface area contributed by atoms with Crippen molar-refractivity contribution in [1.29, 1.82) is 0 Å². The van der Waals surface area contributed by atoms with Crippen LogP contribution in [0.2, 0.25) is 0 Å². The Kier molecular flexibility index (Phi) is 6.36. The number of carbonyl (C=O) groups excluding carboxylic acids is 1. The summed E-state index contributed by atoms with van der Waals surface area (Å²) in [5.41, 5.74) is 5.18. The zero-order chi connectivity index (χ0) is 19.4. The molecular weight excluding hydrogens is 368 g/mol. The van der Waals surface area contributed by atoms with E-state index in [0.717, 1.165) is 36.2 Å². The molecular formula is C18H28N4O4S. The molecule has 1 amide bonds. The molecule has 150 valence electrons. The standard InChI is InChI=1S/C18H28N4O4S/c1-14-3-4-17-16(11-14)15(13-19-26-17)12-18(23)22-9-7-21(8-10-22)6-5-20-27(2,24)25/h3-4,11,15,19-20H,5-10,12-13H2,1-2H3. The van der Waals surface area contributed by atoms with Gasteiger partial charge in [-0.1, -0.05) is 17.7 Å². The quantitative estimate of drug-likeness (QED) is 0.707. The van der Waals surface area contributed by atoms with Crippen LogP contribution >= 0.6 is 0 Å². The number of rotatable bonds is 6. The molecule has 0 aromatic heterocycles. The number of carbonyl (C=O) groups is 1. The van der Waals surface area contributed by atoms with Gasteiger partial charge in [0.15, 0.2) is 5.75 Å². The fraction of sp³-hybridized carbons (Fsp3) is 0.611. The summed E-state index contributed by atoms with van der Waals surface area (Å²) in [7, 11) is -3.15. The fourth-order valence-corrected chi connectivity index (χ4v) is 4.00. The van der Waals surface area contributed by atoms with E-state index in [0.29, 0.717) is 39.1 Å². The third kappa shape index (κ3) is 5.65. The maximum atomic E-state index is 12.8. The van der Waals surface area contributed by atoms with Crippen LogP contribution in [0, 0.1) is 6.92 Å².